The topological polar surface area (TPSA) is 94.8 Å². The molecule has 1 aromatic heterocycles. The number of benzene rings is 1. The fourth-order valence-electron chi connectivity index (χ4n) is 3.79. The fraction of sp³-hybridized carbons (Fsp3) is 0.571. The van der Waals surface area contributed by atoms with Crippen LogP contribution in [0.15, 0.2) is 17.1 Å². The lowest BCUT2D eigenvalue weighted by Crippen LogP contribution is -2.47. The Morgan fingerprint density at radius 2 is 2.19 bits per heavy atom. The number of rotatable bonds is 7. The fourth-order valence-corrected chi connectivity index (χ4v) is 4.08. The van der Waals surface area contributed by atoms with Gasteiger partial charge in [0.1, 0.15) is 25.6 Å². The Morgan fingerprint density at radius 3 is 3.00 bits per heavy atom. The van der Waals surface area contributed by atoms with Crippen molar-refractivity contribution in [3.63, 3.8) is 0 Å². The lowest BCUT2D eigenvalue weighted by Gasteiger charge is -2.25. The third-order valence-electron chi connectivity index (χ3n) is 5.19. The molecule has 3 heterocycles. The molecule has 9 nitrogen and oxygen atoms in total. The molecular weight excluding hydrogens is 547 g/mol. The number of hydrogen-bond donors (Lipinski definition) is 2. The Morgan fingerprint density at radius 1 is 1.34 bits per heavy atom. The van der Waals surface area contributed by atoms with Crippen molar-refractivity contribution in [3.8, 4) is 11.5 Å². The maximum Gasteiger partial charge on any atom is 0.191 e. The first-order chi connectivity index (χ1) is 15.2. The van der Waals surface area contributed by atoms with Crippen molar-refractivity contribution in [1.29, 1.82) is 0 Å². The van der Waals surface area contributed by atoms with Gasteiger partial charge in [0, 0.05) is 32.7 Å². The Kier molecular flexibility index (Phi) is 9.23. The van der Waals surface area contributed by atoms with E-state index in [2.05, 4.69) is 27.6 Å². The Balaban J connectivity index is 0.00000289. The van der Waals surface area contributed by atoms with Crippen molar-refractivity contribution in [2.45, 2.75) is 45.4 Å². The highest BCUT2D eigenvalue weighted by molar-refractivity contribution is 14.0. The van der Waals surface area contributed by atoms with Gasteiger partial charge in [0.25, 0.3) is 0 Å². The van der Waals surface area contributed by atoms with E-state index in [1.165, 1.54) is 0 Å². The Labute approximate surface area is 210 Å². The van der Waals surface area contributed by atoms with E-state index < -0.39 is 0 Å². The zero-order valence-corrected chi connectivity index (χ0v) is 21.5. The number of methoxy groups -OCH3 is 1. The molecule has 0 amide bonds. The third-order valence-corrected chi connectivity index (χ3v) is 5.47. The minimum absolute atomic E-state index is 0. The highest BCUT2D eigenvalue weighted by atomic mass is 127. The molecule has 1 atom stereocenters. The minimum atomic E-state index is 0. The van der Waals surface area contributed by atoms with Gasteiger partial charge in [0.15, 0.2) is 23.3 Å². The van der Waals surface area contributed by atoms with Crippen LogP contribution in [0.2, 0.25) is 5.02 Å². The van der Waals surface area contributed by atoms with Gasteiger partial charge in [-0.1, -0.05) is 11.6 Å². The number of hydrogen-bond acceptors (Lipinski definition) is 6. The molecule has 0 aliphatic carbocycles. The van der Waals surface area contributed by atoms with E-state index in [0.29, 0.717) is 42.9 Å². The number of aliphatic imine (C=N–C) groups is 1. The standard InChI is InChI=1S/C21H29ClN6O3.HI/c1-3-23-21(25-15-4-5-19-26-18(13-29-2)27-28(19)12-15)24-7-6-14-10-16(22)20-17(11-14)30-8-9-31-20;/h10-11,15H,3-9,12-13H2,1-2H3,(H2,23,24,25);1H. The lowest BCUT2D eigenvalue weighted by atomic mass is 10.1. The second-order valence-corrected chi connectivity index (χ2v) is 7.96. The highest BCUT2D eigenvalue weighted by Gasteiger charge is 2.22. The second kappa shape index (κ2) is 11.9. The molecule has 0 saturated carbocycles. The van der Waals surface area contributed by atoms with Crippen molar-refractivity contribution in [2.75, 3.05) is 33.4 Å². The van der Waals surface area contributed by atoms with E-state index in [1.807, 2.05) is 16.8 Å². The molecule has 32 heavy (non-hydrogen) atoms. The first-order valence-electron chi connectivity index (χ1n) is 10.7. The Hall–Kier alpha value is -1.79. The number of guanidine groups is 1. The van der Waals surface area contributed by atoms with Gasteiger partial charge in [-0.3, -0.25) is 4.99 Å². The summed E-state index contributed by atoms with van der Waals surface area (Å²) in [5, 5.41) is 12.0. The second-order valence-electron chi connectivity index (χ2n) is 7.55. The van der Waals surface area contributed by atoms with Gasteiger partial charge < -0.3 is 24.8 Å². The van der Waals surface area contributed by atoms with E-state index >= 15 is 0 Å². The minimum Gasteiger partial charge on any atom is -0.486 e. The van der Waals surface area contributed by atoms with Crippen LogP contribution >= 0.6 is 35.6 Å². The van der Waals surface area contributed by atoms with Crippen molar-refractivity contribution in [1.82, 2.24) is 25.4 Å². The van der Waals surface area contributed by atoms with Crippen LogP contribution in [0.3, 0.4) is 0 Å². The summed E-state index contributed by atoms with van der Waals surface area (Å²) in [6, 6.07) is 4.16. The molecule has 0 radical (unpaired) electrons. The molecule has 0 spiro atoms. The first-order valence-corrected chi connectivity index (χ1v) is 11.1. The summed E-state index contributed by atoms with van der Waals surface area (Å²) in [7, 11) is 1.66. The molecule has 4 rings (SSSR count). The van der Waals surface area contributed by atoms with Crippen LogP contribution in [0.4, 0.5) is 0 Å². The van der Waals surface area contributed by atoms with E-state index in [1.54, 1.807) is 7.11 Å². The van der Waals surface area contributed by atoms with Crippen LogP contribution in [-0.2, 0) is 30.7 Å². The summed E-state index contributed by atoms with van der Waals surface area (Å²) in [6.45, 7) is 5.75. The molecule has 2 aromatic rings. The summed E-state index contributed by atoms with van der Waals surface area (Å²) >= 11 is 6.34. The molecule has 2 aliphatic rings. The first kappa shape index (κ1) is 24.8. The van der Waals surface area contributed by atoms with Crippen molar-refractivity contribution < 1.29 is 14.2 Å². The van der Waals surface area contributed by atoms with Crippen LogP contribution in [0, 0.1) is 0 Å². The molecule has 2 aliphatic heterocycles. The normalized spacial score (nSPS) is 17.3. The van der Waals surface area contributed by atoms with Crippen LogP contribution in [0.5, 0.6) is 11.5 Å². The predicted molar refractivity (Wildman–Crippen MR) is 134 cm³/mol. The van der Waals surface area contributed by atoms with E-state index in [4.69, 9.17) is 30.8 Å². The quantitative estimate of drug-likeness (QED) is 0.297. The van der Waals surface area contributed by atoms with Crippen molar-refractivity contribution in [3.05, 3.63) is 34.4 Å². The zero-order valence-electron chi connectivity index (χ0n) is 18.4. The molecule has 0 fully saturated rings. The summed E-state index contributed by atoms with van der Waals surface area (Å²) in [5.74, 6) is 3.89. The smallest absolute Gasteiger partial charge is 0.191 e. The van der Waals surface area contributed by atoms with Crippen LogP contribution in [0.25, 0.3) is 0 Å². The van der Waals surface area contributed by atoms with Gasteiger partial charge in [-0.25, -0.2) is 9.67 Å². The van der Waals surface area contributed by atoms with Gasteiger partial charge in [-0.2, -0.15) is 5.10 Å². The van der Waals surface area contributed by atoms with Gasteiger partial charge in [-0.15, -0.1) is 24.0 Å². The number of nitrogens with zero attached hydrogens (tertiary/aromatic N) is 4. The average Bonchev–Trinajstić information content (AvgIpc) is 3.16. The maximum absolute atomic E-state index is 6.34. The van der Waals surface area contributed by atoms with Crippen LogP contribution < -0.4 is 20.1 Å². The van der Waals surface area contributed by atoms with Crippen LogP contribution in [0.1, 0.15) is 30.6 Å². The van der Waals surface area contributed by atoms with E-state index in [9.17, 15) is 0 Å². The van der Waals surface area contributed by atoms with E-state index in [-0.39, 0.29) is 30.0 Å². The SMILES string of the molecule is CCNC(=NCCc1cc(Cl)c2c(c1)OCCO2)NC1CCc2nc(COC)nn2C1.I. The van der Waals surface area contributed by atoms with Crippen molar-refractivity contribution in [2.24, 2.45) is 4.99 Å². The molecule has 1 unspecified atom stereocenters. The maximum atomic E-state index is 6.34. The number of halogens is 2. The zero-order chi connectivity index (χ0) is 21.6. The number of aromatic nitrogens is 3. The lowest BCUT2D eigenvalue weighted by molar-refractivity contribution is 0.171. The predicted octanol–water partition coefficient (Wildman–Crippen LogP) is 2.58. The molecule has 0 saturated heterocycles. The molecule has 11 heteroatoms. The molecule has 0 bridgehead atoms. The highest BCUT2D eigenvalue weighted by Crippen LogP contribution is 2.38. The average molecular weight is 577 g/mol. The summed E-state index contributed by atoms with van der Waals surface area (Å²) in [5.41, 5.74) is 1.07. The molecule has 176 valence electrons. The number of ether oxygens (including phenoxy) is 3. The number of fused-ring (bicyclic) bond motifs is 2. The number of nitrogens with one attached hydrogen (secondary N) is 2. The van der Waals surface area contributed by atoms with Gasteiger partial charge in [0.05, 0.1) is 11.6 Å². The van der Waals surface area contributed by atoms with Gasteiger partial charge in [0.2, 0.25) is 0 Å². The third kappa shape index (κ3) is 6.16. The molecular formula is C21H30ClIN6O3. The Bertz CT molecular complexity index is 938. The van der Waals surface area contributed by atoms with Crippen molar-refractivity contribution >= 4 is 41.5 Å². The van der Waals surface area contributed by atoms with Gasteiger partial charge in [-0.05, 0) is 37.5 Å². The summed E-state index contributed by atoms with van der Waals surface area (Å²) < 4.78 is 18.4. The van der Waals surface area contributed by atoms with Gasteiger partial charge >= 0.3 is 0 Å². The molecule has 2 N–H and O–H groups in total. The molecule has 1 aromatic carbocycles. The number of aryl methyl sites for hydroxylation is 1. The monoisotopic (exact) mass is 576 g/mol. The van der Waals surface area contributed by atoms with Crippen LogP contribution in [-0.4, -0.2) is 60.2 Å². The summed E-state index contributed by atoms with van der Waals surface area (Å²) in [4.78, 5) is 9.28. The largest absolute Gasteiger partial charge is 0.486 e. The summed E-state index contributed by atoms with van der Waals surface area (Å²) in [6.07, 6.45) is 2.61. The van der Waals surface area contributed by atoms with E-state index in [0.717, 1.165) is 55.5 Å².